The van der Waals surface area contributed by atoms with Crippen LogP contribution in [0.15, 0.2) is 23.2 Å². The minimum absolute atomic E-state index is 0.315. The molecule has 1 aliphatic carbocycles. The molecule has 1 unspecified atom stereocenters. The van der Waals surface area contributed by atoms with Crippen LogP contribution in [0.25, 0.3) is 0 Å². The average molecular weight is 351 g/mol. The van der Waals surface area contributed by atoms with Crippen LogP contribution < -0.4 is 15.2 Å². The fourth-order valence-corrected chi connectivity index (χ4v) is 3.73. The third kappa shape index (κ3) is 4.29. The van der Waals surface area contributed by atoms with Crippen molar-refractivity contribution in [3.8, 4) is 5.75 Å². The number of anilines is 1. The zero-order valence-corrected chi connectivity index (χ0v) is 14.6. The molecule has 0 bridgehead atoms. The smallest absolute Gasteiger partial charge is 0.286 e. The Morgan fingerprint density at radius 3 is 2.76 bits per heavy atom. The SMILES string of the molecule is COc1ccc2c(c1)NC([O-])C(C(F)(F)CCCCC1CCCC1)=N2. The molecule has 0 amide bonds. The van der Waals surface area contributed by atoms with Crippen molar-refractivity contribution in [2.75, 3.05) is 12.4 Å². The number of methoxy groups -OCH3 is 1. The van der Waals surface area contributed by atoms with Gasteiger partial charge in [-0.3, -0.25) is 0 Å². The number of fused-ring (bicyclic) bond motifs is 1. The number of alkyl halides is 2. The summed E-state index contributed by atoms with van der Waals surface area (Å²) in [7, 11) is 1.51. The number of nitrogens with zero attached hydrogens (tertiary/aromatic N) is 1. The van der Waals surface area contributed by atoms with Crippen molar-refractivity contribution in [2.45, 2.75) is 63.5 Å². The number of ether oxygens (including phenoxy) is 1. The Morgan fingerprint density at radius 1 is 1.28 bits per heavy atom. The molecule has 1 aromatic carbocycles. The number of unbranched alkanes of at least 4 members (excludes halogenated alkanes) is 1. The maximum Gasteiger partial charge on any atom is 0.286 e. The molecule has 3 rings (SSSR count). The van der Waals surface area contributed by atoms with E-state index in [1.165, 1.54) is 32.8 Å². The Bertz CT molecular complexity index is 628. The number of aliphatic imine (C=N–C) groups is 1. The molecule has 0 radical (unpaired) electrons. The molecule has 4 nitrogen and oxygen atoms in total. The van der Waals surface area contributed by atoms with Gasteiger partial charge in [-0.1, -0.05) is 38.5 Å². The van der Waals surface area contributed by atoms with Gasteiger partial charge < -0.3 is 15.2 Å². The standard InChI is InChI=1S/C19H25F2N2O2/c1-25-14-9-10-15-16(12-14)23-18(24)17(22-15)19(20,21)11-5-4-8-13-6-2-3-7-13/h9-10,12-13,18,23H,2-8,11H2,1H3/q-1. The van der Waals surface area contributed by atoms with Gasteiger partial charge in [0.15, 0.2) is 0 Å². The highest BCUT2D eigenvalue weighted by Gasteiger charge is 2.38. The van der Waals surface area contributed by atoms with Gasteiger partial charge in [0, 0.05) is 12.5 Å². The lowest BCUT2D eigenvalue weighted by molar-refractivity contribution is -0.388. The molecule has 0 spiro atoms. The van der Waals surface area contributed by atoms with Gasteiger partial charge in [-0.2, -0.15) is 8.78 Å². The third-order valence-corrected chi connectivity index (χ3v) is 5.18. The summed E-state index contributed by atoms with van der Waals surface area (Å²) in [5.41, 5.74) is 0.180. The van der Waals surface area contributed by atoms with E-state index in [0.717, 1.165) is 12.8 Å². The molecule has 25 heavy (non-hydrogen) atoms. The van der Waals surface area contributed by atoms with E-state index in [2.05, 4.69) is 10.3 Å². The second-order valence-electron chi connectivity index (χ2n) is 7.01. The van der Waals surface area contributed by atoms with Crippen molar-refractivity contribution in [2.24, 2.45) is 10.9 Å². The topological polar surface area (TPSA) is 56.7 Å². The number of hydrogen-bond acceptors (Lipinski definition) is 4. The third-order valence-electron chi connectivity index (χ3n) is 5.18. The summed E-state index contributed by atoms with van der Waals surface area (Å²) >= 11 is 0. The van der Waals surface area contributed by atoms with E-state index in [9.17, 15) is 13.9 Å². The highest BCUT2D eigenvalue weighted by molar-refractivity contribution is 6.01. The summed E-state index contributed by atoms with van der Waals surface area (Å²) in [5, 5.41) is 14.7. The molecule has 1 N–H and O–H groups in total. The summed E-state index contributed by atoms with van der Waals surface area (Å²) in [4.78, 5) is 3.97. The fraction of sp³-hybridized carbons (Fsp3) is 0.632. The van der Waals surface area contributed by atoms with Crippen LogP contribution in [0.4, 0.5) is 20.2 Å². The van der Waals surface area contributed by atoms with E-state index in [0.29, 0.717) is 29.5 Å². The number of rotatable bonds is 7. The molecular formula is C19H25F2N2O2-. The average Bonchev–Trinajstić information content (AvgIpc) is 3.11. The van der Waals surface area contributed by atoms with Gasteiger partial charge in [-0.05, 0) is 30.7 Å². The normalized spacial score (nSPS) is 20.8. The quantitative estimate of drug-likeness (QED) is 0.747. The van der Waals surface area contributed by atoms with Crippen molar-refractivity contribution in [1.29, 1.82) is 0 Å². The molecular weight excluding hydrogens is 326 g/mol. The van der Waals surface area contributed by atoms with E-state index in [1.807, 2.05) is 0 Å². The maximum atomic E-state index is 14.5. The lowest BCUT2D eigenvalue weighted by Gasteiger charge is -2.35. The predicted octanol–water partition coefficient (Wildman–Crippen LogP) is 4.27. The molecule has 1 aromatic rings. The molecule has 1 atom stereocenters. The van der Waals surface area contributed by atoms with Crippen LogP contribution in [0, 0.1) is 5.92 Å². The largest absolute Gasteiger partial charge is 0.832 e. The lowest BCUT2D eigenvalue weighted by atomic mass is 9.97. The van der Waals surface area contributed by atoms with E-state index < -0.39 is 17.9 Å². The van der Waals surface area contributed by atoms with Gasteiger partial charge in [-0.25, -0.2) is 4.99 Å². The highest BCUT2D eigenvalue weighted by Crippen LogP contribution is 2.37. The van der Waals surface area contributed by atoms with Crippen molar-refractivity contribution < 1.29 is 18.6 Å². The van der Waals surface area contributed by atoms with Crippen LogP contribution in [0.1, 0.15) is 51.4 Å². The van der Waals surface area contributed by atoms with Gasteiger partial charge in [0.25, 0.3) is 5.92 Å². The molecule has 138 valence electrons. The van der Waals surface area contributed by atoms with Gasteiger partial charge in [0.2, 0.25) is 0 Å². The molecule has 1 aliphatic heterocycles. The van der Waals surface area contributed by atoms with Crippen LogP contribution in [0.5, 0.6) is 5.75 Å². The monoisotopic (exact) mass is 351 g/mol. The highest BCUT2D eigenvalue weighted by atomic mass is 19.3. The summed E-state index contributed by atoms with van der Waals surface area (Å²) in [6.07, 6.45) is 5.18. The summed E-state index contributed by atoms with van der Waals surface area (Å²) in [6, 6.07) is 4.83. The van der Waals surface area contributed by atoms with E-state index in [4.69, 9.17) is 4.74 Å². The van der Waals surface area contributed by atoms with Crippen LogP contribution in [0.3, 0.4) is 0 Å². The van der Waals surface area contributed by atoms with Crippen molar-refractivity contribution in [3.63, 3.8) is 0 Å². The Hall–Kier alpha value is -1.69. The Labute approximate surface area is 147 Å². The van der Waals surface area contributed by atoms with Crippen LogP contribution >= 0.6 is 0 Å². The first-order valence-corrected chi connectivity index (χ1v) is 9.07. The van der Waals surface area contributed by atoms with Crippen molar-refractivity contribution in [3.05, 3.63) is 18.2 Å². The van der Waals surface area contributed by atoms with Gasteiger partial charge >= 0.3 is 0 Å². The van der Waals surface area contributed by atoms with Crippen molar-refractivity contribution >= 4 is 17.1 Å². The second kappa shape index (κ2) is 7.68. The molecule has 1 heterocycles. The molecule has 0 aromatic heterocycles. The first-order valence-electron chi connectivity index (χ1n) is 9.07. The van der Waals surface area contributed by atoms with Gasteiger partial charge in [0.1, 0.15) is 5.75 Å². The fourth-order valence-electron chi connectivity index (χ4n) is 3.73. The Kier molecular flexibility index (Phi) is 5.57. The van der Waals surface area contributed by atoms with Crippen molar-refractivity contribution in [1.82, 2.24) is 0 Å². The summed E-state index contributed by atoms with van der Waals surface area (Å²) < 4.78 is 34.1. The maximum absolute atomic E-state index is 14.5. The molecule has 6 heteroatoms. The lowest BCUT2D eigenvalue weighted by Crippen LogP contribution is -2.51. The minimum atomic E-state index is -3.17. The Balaban J connectivity index is 1.62. The second-order valence-corrected chi connectivity index (χ2v) is 7.01. The summed E-state index contributed by atoms with van der Waals surface area (Å²) in [6.45, 7) is 0. The predicted molar refractivity (Wildman–Crippen MR) is 92.9 cm³/mol. The van der Waals surface area contributed by atoms with Gasteiger partial charge in [0.05, 0.1) is 24.2 Å². The number of halogens is 2. The number of nitrogens with one attached hydrogen (secondary N) is 1. The first-order chi connectivity index (χ1) is 12.0. The van der Waals surface area contributed by atoms with Crippen LogP contribution in [-0.2, 0) is 0 Å². The van der Waals surface area contributed by atoms with Crippen LogP contribution in [0.2, 0.25) is 0 Å². The number of hydrogen-bond donors (Lipinski definition) is 1. The van der Waals surface area contributed by atoms with E-state index >= 15 is 0 Å². The molecule has 1 fully saturated rings. The minimum Gasteiger partial charge on any atom is -0.832 e. The molecule has 2 aliphatic rings. The molecule has 1 saturated carbocycles. The van der Waals surface area contributed by atoms with Gasteiger partial charge in [-0.15, -0.1) is 0 Å². The zero-order valence-electron chi connectivity index (χ0n) is 14.6. The van der Waals surface area contributed by atoms with Crippen LogP contribution in [-0.4, -0.2) is 25.0 Å². The van der Waals surface area contributed by atoms with E-state index in [-0.39, 0.29) is 6.42 Å². The zero-order chi connectivity index (χ0) is 17.9. The first kappa shape index (κ1) is 18.1. The summed E-state index contributed by atoms with van der Waals surface area (Å²) in [5.74, 6) is -1.92. The number of benzene rings is 1. The molecule has 0 saturated heterocycles. The van der Waals surface area contributed by atoms with E-state index in [1.54, 1.807) is 18.2 Å². The Morgan fingerprint density at radius 2 is 2.04 bits per heavy atom.